The fourth-order valence-corrected chi connectivity index (χ4v) is 2.69. The molecule has 1 heterocycles. The Morgan fingerprint density at radius 3 is 2.54 bits per heavy atom. The van der Waals surface area contributed by atoms with Crippen LogP contribution < -0.4 is 10.6 Å². The number of nitrogens with zero attached hydrogens (tertiary/aromatic N) is 1. The Morgan fingerprint density at radius 1 is 1.07 bits per heavy atom. The summed E-state index contributed by atoms with van der Waals surface area (Å²) in [4.78, 5) is 28.6. The Morgan fingerprint density at radius 2 is 1.82 bits per heavy atom. The molecule has 6 heteroatoms. The maximum Gasteiger partial charge on any atom is 0.251 e. The molecule has 0 fully saturated rings. The number of benzene rings is 2. The summed E-state index contributed by atoms with van der Waals surface area (Å²) in [5, 5.41) is 5.69. The van der Waals surface area contributed by atoms with Crippen LogP contribution in [0.4, 0.5) is 5.69 Å². The number of rotatable bonds is 6. The Kier molecular flexibility index (Phi) is 5.78. The highest BCUT2D eigenvalue weighted by Gasteiger charge is 2.21. The number of carbonyl (C=O) groups excluding carboxylic acids is 2. The second-order valence-corrected chi connectivity index (χ2v) is 7.73. The predicted octanol–water partition coefficient (Wildman–Crippen LogP) is 4.27. The highest BCUT2D eigenvalue weighted by molar-refractivity contribution is 5.94. The van der Waals surface area contributed by atoms with Crippen LogP contribution in [0.25, 0.3) is 11.1 Å². The lowest BCUT2D eigenvalue weighted by molar-refractivity contribution is -0.116. The van der Waals surface area contributed by atoms with Gasteiger partial charge in [0.25, 0.3) is 5.91 Å². The lowest BCUT2D eigenvalue weighted by atomic mass is 9.97. The van der Waals surface area contributed by atoms with Crippen LogP contribution in [0.3, 0.4) is 0 Å². The van der Waals surface area contributed by atoms with Crippen molar-refractivity contribution in [3.05, 3.63) is 60.0 Å². The van der Waals surface area contributed by atoms with Crippen LogP contribution in [0.15, 0.2) is 52.9 Å². The van der Waals surface area contributed by atoms with Gasteiger partial charge in [0.1, 0.15) is 5.52 Å². The molecule has 0 bridgehead atoms. The Labute approximate surface area is 164 Å². The van der Waals surface area contributed by atoms with Gasteiger partial charge in [-0.1, -0.05) is 39.0 Å². The molecule has 0 saturated heterocycles. The largest absolute Gasteiger partial charge is 0.440 e. The zero-order chi connectivity index (χ0) is 20.1. The van der Waals surface area contributed by atoms with Crippen molar-refractivity contribution >= 4 is 28.6 Å². The van der Waals surface area contributed by atoms with E-state index in [9.17, 15) is 9.59 Å². The average molecular weight is 379 g/mol. The monoisotopic (exact) mass is 379 g/mol. The lowest BCUT2D eigenvalue weighted by Crippen LogP contribution is -2.25. The minimum atomic E-state index is -0.174. The van der Waals surface area contributed by atoms with Crippen molar-refractivity contribution in [3.8, 4) is 0 Å². The second kappa shape index (κ2) is 8.25. The summed E-state index contributed by atoms with van der Waals surface area (Å²) in [6.45, 7) is 6.56. The van der Waals surface area contributed by atoms with E-state index in [0.717, 1.165) is 5.52 Å². The van der Waals surface area contributed by atoms with E-state index in [-0.39, 0.29) is 17.2 Å². The third-order valence-corrected chi connectivity index (χ3v) is 4.22. The summed E-state index contributed by atoms with van der Waals surface area (Å²) in [6.07, 6.45) is 0.879. The highest BCUT2D eigenvalue weighted by Crippen LogP contribution is 2.27. The van der Waals surface area contributed by atoms with E-state index in [2.05, 4.69) is 15.6 Å². The van der Waals surface area contributed by atoms with Gasteiger partial charge in [-0.05, 0) is 36.8 Å². The molecule has 2 aromatic carbocycles. The maximum atomic E-state index is 12.2. The Balaban J connectivity index is 1.48. The first-order valence-electron chi connectivity index (χ1n) is 9.37. The summed E-state index contributed by atoms with van der Waals surface area (Å²) >= 11 is 0. The van der Waals surface area contributed by atoms with Crippen LogP contribution >= 0.6 is 0 Å². The van der Waals surface area contributed by atoms with E-state index in [1.807, 2.05) is 51.1 Å². The van der Waals surface area contributed by atoms with Crippen LogP contribution in [-0.2, 0) is 10.2 Å². The molecule has 28 heavy (non-hydrogen) atoms. The van der Waals surface area contributed by atoms with Crippen molar-refractivity contribution in [3.63, 3.8) is 0 Å². The molecule has 0 radical (unpaired) electrons. The van der Waals surface area contributed by atoms with Gasteiger partial charge < -0.3 is 15.1 Å². The van der Waals surface area contributed by atoms with E-state index < -0.39 is 0 Å². The minimum Gasteiger partial charge on any atom is -0.440 e. The van der Waals surface area contributed by atoms with Gasteiger partial charge in [0, 0.05) is 29.6 Å². The summed E-state index contributed by atoms with van der Waals surface area (Å²) < 4.78 is 5.77. The molecule has 0 aliphatic heterocycles. The van der Waals surface area contributed by atoms with Crippen molar-refractivity contribution < 1.29 is 14.0 Å². The first-order chi connectivity index (χ1) is 13.3. The molecular formula is C22H25N3O3. The zero-order valence-electron chi connectivity index (χ0n) is 16.4. The van der Waals surface area contributed by atoms with Crippen molar-refractivity contribution in [1.29, 1.82) is 0 Å². The summed E-state index contributed by atoms with van der Waals surface area (Å²) in [6, 6.07) is 14.4. The number of hydrogen-bond donors (Lipinski definition) is 2. The first-order valence-corrected chi connectivity index (χ1v) is 9.37. The van der Waals surface area contributed by atoms with Crippen LogP contribution in [0, 0.1) is 0 Å². The van der Waals surface area contributed by atoms with Crippen LogP contribution in [0.1, 0.15) is 49.9 Å². The molecule has 0 aliphatic carbocycles. The van der Waals surface area contributed by atoms with Crippen LogP contribution in [0.5, 0.6) is 0 Å². The molecule has 2 amide bonds. The van der Waals surface area contributed by atoms with E-state index in [4.69, 9.17) is 4.42 Å². The minimum absolute atomic E-state index is 0.104. The number of anilines is 1. The fourth-order valence-electron chi connectivity index (χ4n) is 2.69. The summed E-state index contributed by atoms with van der Waals surface area (Å²) in [7, 11) is 0. The Bertz CT molecular complexity index is 972. The van der Waals surface area contributed by atoms with E-state index in [1.165, 1.54) is 0 Å². The average Bonchev–Trinajstić information content (AvgIpc) is 3.09. The maximum absolute atomic E-state index is 12.2. The highest BCUT2D eigenvalue weighted by atomic mass is 16.3. The fraction of sp³-hybridized carbons (Fsp3) is 0.318. The number of amides is 2. The van der Waals surface area contributed by atoms with Crippen molar-refractivity contribution in [2.75, 3.05) is 11.9 Å². The Hall–Kier alpha value is -3.15. The molecule has 0 atom stereocenters. The van der Waals surface area contributed by atoms with Gasteiger partial charge in [0.05, 0.1) is 0 Å². The topological polar surface area (TPSA) is 84.2 Å². The molecular weight excluding hydrogens is 354 g/mol. The first kappa shape index (κ1) is 19.6. The van der Waals surface area contributed by atoms with Gasteiger partial charge in [-0.2, -0.15) is 0 Å². The molecule has 0 saturated carbocycles. The molecule has 3 rings (SSSR count). The SMILES string of the molecule is CC(C)(C)c1nc2cc(NC(=O)CCCNC(=O)c3ccccc3)ccc2o1. The van der Waals surface area contributed by atoms with E-state index in [0.29, 0.717) is 42.1 Å². The molecule has 3 aromatic rings. The normalized spacial score (nSPS) is 11.4. The smallest absolute Gasteiger partial charge is 0.251 e. The van der Waals surface area contributed by atoms with Gasteiger partial charge in [-0.25, -0.2) is 4.98 Å². The van der Waals surface area contributed by atoms with E-state index in [1.54, 1.807) is 18.2 Å². The third-order valence-electron chi connectivity index (χ3n) is 4.22. The number of aromatic nitrogens is 1. The number of nitrogens with one attached hydrogen (secondary N) is 2. The van der Waals surface area contributed by atoms with Crippen LogP contribution in [0.2, 0.25) is 0 Å². The third kappa shape index (κ3) is 4.97. The number of fused-ring (bicyclic) bond motifs is 1. The molecule has 146 valence electrons. The molecule has 0 spiro atoms. The van der Waals surface area contributed by atoms with Crippen molar-refractivity contribution in [2.45, 2.75) is 39.0 Å². The molecule has 1 aromatic heterocycles. The lowest BCUT2D eigenvalue weighted by Gasteiger charge is -2.11. The van der Waals surface area contributed by atoms with Gasteiger partial charge in [0.2, 0.25) is 11.8 Å². The predicted molar refractivity (Wildman–Crippen MR) is 109 cm³/mol. The van der Waals surface area contributed by atoms with E-state index >= 15 is 0 Å². The van der Waals surface area contributed by atoms with Gasteiger partial charge >= 0.3 is 0 Å². The van der Waals surface area contributed by atoms with Gasteiger partial charge in [-0.15, -0.1) is 0 Å². The number of carbonyl (C=O) groups is 2. The molecule has 0 aliphatic rings. The zero-order valence-corrected chi connectivity index (χ0v) is 16.4. The molecule has 6 nitrogen and oxygen atoms in total. The number of hydrogen-bond acceptors (Lipinski definition) is 4. The second-order valence-electron chi connectivity index (χ2n) is 7.73. The number of oxazole rings is 1. The van der Waals surface area contributed by atoms with Gasteiger partial charge in [0.15, 0.2) is 5.58 Å². The molecule has 0 unspecified atom stereocenters. The summed E-state index contributed by atoms with van der Waals surface area (Å²) in [5.74, 6) is 0.431. The summed E-state index contributed by atoms with van der Waals surface area (Å²) in [5.41, 5.74) is 2.54. The standard InChI is InChI=1S/C22H25N3O3/c1-22(2,3)21-25-17-14-16(11-12-18(17)28-21)24-19(26)10-7-13-23-20(27)15-8-5-4-6-9-15/h4-6,8-9,11-12,14H,7,10,13H2,1-3H3,(H,23,27)(H,24,26). The van der Waals surface area contributed by atoms with Crippen molar-refractivity contribution in [2.24, 2.45) is 0 Å². The quantitative estimate of drug-likeness (QED) is 0.626. The van der Waals surface area contributed by atoms with Crippen molar-refractivity contribution in [1.82, 2.24) is 10.3 Å². The van der Waals surface area contributed by atoms with Gasteiger partial charge in [-0.3, -0.25) is 9.59 Å². The van der Waals surface area contributed by atoms with Crippen LogP contribution in [-0.4, -0.2) is 23.3 Å². The molecule has 2 N–H and O–H groups in total.